The van der Waals surface area contributed by atoms with Crippen LogP contribution < -0.4 is 10.2 Å². The molecule has 5 rings (SSSR count). The van der Waals surface area contributed by atoms with Crippen LogP contribution in [0.5, 0.6) is 0 Å². The summed E-state index contributed by atoms with van der Waals surface area (Å²) in [5.74, 6) is 1.66. The molecular formula is C23H28N4O. The van der Waals surface area contributed by atoms with Gasteiger partial charge in [-0.05, 0) is 48.1 Å². The Morgan fingerprint density at radius 3 is 2.86 bits per heavy atom. The zero-order chi connectivity index (χ0) is 18.9. The number of para-hydroxylation sites is 1. The first-order valence-electron chi connectivity index (χ1n) is 10.5. The third-order valence-electron chi connectivity index (χ3n) is 6.29. The fourth-order valence-electron chi connectivity index (χ4n) is 4.49. The van der Waals surface area contributed by atoms with Crippen LogP contribution in [0.4, 0.5) is 11.5 Å². The Morgan fingerprint density at radius 1 is 1.11 bits per heavy atom. The van der Waals surface area contributed by atoms with Gasteiger partial charge in [0.25, 0.3) is 0 Å². The van der Waals surface area contributed by atoms with Crippen LogP contribution in [-0.4, -0.2) is 49.3 Å². The van der Waals surface area contributed by atoms with E-state index in [1.807, 2.05) is 18.2 Å². The van der Waals surface area contributed by atoms with E-state index in [9.17, 15) is 0 Å². The quantitative estimate of drug-likeness (QED) is 0.742. The van der Waals surface area contributed by atoms with E-state index in [4.69, 9.17) is 4.52 Å². The average molecular weight is 377 g/mol. The number of anilines is 2. The average Bonchev–Trinajstić information content (AvgIpc) is 3.17. The second-order valence-electron chi connectivity index (χ2n) is 8.12. The molecule has 0 spiro atoms. The predicted octanol–water partition coefficient (Wildman–Crippen LogP) is 4.11. The second kappa shape index (κ2) is 7.47. The third-order valence-corrected chi connectivity index (χ3v) is 6.29. The molecule has 3 aromatic rings. The molecule has 0 bridgehead atoms. The molecule has 0 amide bonds. The molecule has 146 valence electrons. The molecule has 3 heterocycles. The lowest BCUT2D eigenvalue weighted by molar-refractivity contribution is 0.259. The minimum Gasteiger partial charge on any atom is -0.385 e. The first-order valence-corrected chi connectivity index (χ1v) is 10.5. The molecule has 0 radical (unpaired) electrons. The Kier molecular flexibility index (Phi) is 4.69. The normalized spacial score (nSPS) is 20.2. The lowest BCUT2D eigenvalue weighted by atomic mass is 9.91. The number of hydrogen-bond acceptors (Lipinski definition) is 5. The molecule has 5 heteroatoms. The summed E-state index contributed by atoms with van der Waals surface area (Å²) in [5, 5.41) is 8.96. The monoisotopic (exact) mass is 376 g/mol. The molecule has 28 heavy (non-hydrogen) atoms. The standard InChI is InChI=1S/C23H28N4O/c1-17-8-10-24-21-7-6-18(16-20(17)21)9-11-26-12-14-27(15-13-26)23-19-4-2-3-5-22(19)28-25-23/h2-7,16-17,24H,8-15H2,1H3. The van der Waals surface area contributed by atoms with Gasteiger partial charge < -0.3 is 14.7 Å². The number of nitrogens with zero attached hydrogens (tertiary/aromatic N) is 3. The van der Waals surface area contributed by atoms with Crippen LogP contribution in [0.25, 0.3) is 11.0 Å². The summed E-state index contributed by atoms with van der Waals surface area (Å²) in [6, 6.07) is 15.1. The van der Waals surface area contributed by atoms with E-state index in [1.165, 1.54) is 23.2 Å². The van der Waals surface area contributed by atoms with Crippen LogP contribution in [0.3, 0.4) is 0 Å². The number of fused-ring (bicyclic) bond motifs is 2. The summed E-state index contributed by atoms with van der Waals surface area (Å²) in [7, 11) is 0. The SMILES string of the molecule is CC1CCNc2ccc(CCN3CCN(c4noc5ccccc45)CC3)cc21. The molecular weight excluding hydrogens is 348 g/mol. The number of hydrogen-bond donors (Lipinski definition) is 1. The minimum absolute atomic E-state index is 0.664. The second-order valence-corrected chi connectivity index (χ2v) is 8.12. The Hall–Kier alpha value is -2.53. The number of rotatable bonds is 4. The predicted molar refractivity (Wildman–Crippen MR) is 114 cm³/mol. The lowest BCUT2D eigenvalue weighted by Crippen LogP contribution is -2.47. The zero-order valence-corrected chi connectivity index (χ0v) is 16.5. The summed E-state index contributed by atoms with van der Waals surface area (Å²) >= 11 is 0. The van der Waals surface area contributed by atoms with Crippen molar-refractivity contribution in [1.82, 2.24) is 10.1 Å². The van der Waals surface area contributed by atoms with E-state index >= 15 is 0 Å². The van der Waals surface area contributed by atoms with Gasteiger partial charge in [-0.25, -0.2) is 0 Å². The van der Waals surface area contributed by atoms with Gasteiger partial charge in [0.05, 0.1) is 5.39 Å². The van der Waals surface area contributed by atoms with E-state index in [1.54, 1.807) is 0 Å². The largest absolute Gasteiger partial charge is 0.385 e. The Bertz CT molecular complexity index is 958. The molecule has 0 saturated carbocycles. The minimum atomic E-state index is 0.664. The molecule has 1 saturated heterocycles. The van der Waals surface area contributed by atoms with Gasteiger partial charge in [0.2, 0.25) is 0 Å². The van der Waals surface area contributed by atoms with Crippen LogP contribution in [-0.2, 0) is 6.42 Å². The Morgan fingerprint density at radius 2 is 1.96 bits per heavy atom. The van der Waals surface area contributed by atoms with E-state index in [0.29, 0.717) is 5.92 Å². The zero-order valence-electron chi connectivity index (χ0n) is 16.5. The summed E-state index contributed by atoms with van der Waals surface area (Å²) in [4.78, 5) is 4.93. The topological polar surface area (TPSA) is 44.5 Å². The van der Waals surface area contributed by atoms with Crippen molar-refractivity contribution in [3.63, 3.8) is 0 Å². The lowest BCUT2D eigenvalue weighted by Gasteiger charge is -2.34. The maximum Gasteiger partial charge on any atom is 0.180 e. The smallest absolute Gasteiger partial charge is 0.180 e. The van der Waals surface area contributed by atoms with Crippen molar-refractivity contribution < 1.29 is 4.52 Å². The first-order chi connectivity index (χ1) is 13.8. The van der Waals surface area contributed by atoms with Crippen LogP contribution >= 0.6 is 0 Å². The first kappa shape index (κ1) is 17.6. The Labute approximate surface area is 166 Å². The van der Waals surface area contributed by atoms with Gasteiger partial charge in [-0.3, -0.25) is 4.90 Å². The maximum absolute atomic E-state index is 5.48. The van der Waals surface area contributed by atoms with Crippen molar-refractivity contribution in [2.75, 3.05) is 49.5 Å². The maximum atomic E-state index is 5.48. The molecule has 2 aliphatic heterocycles. The number of benzene rings is 2. The fraction of sp³-hybridized carbons (Fsp3) is 0.435. The fourth-order valence-corrected chi connectivity index (χ4v) is 4.49. The van der Waals surface area contributed by atoms with Crippen molar-refractivity contribution in [3.8, 4) is 0 Å². The van der Waals surface area contributed by atoms with Gasteiger partial charge in [-0.1, -0.05) is 36.3 Å². The summed E-state index contributed by atoms with van der Waals surface area (Å²) in [6.45, 7) is 8.71. The number of piperazine rings is 1. The summed E-state index contributed by atoms with van der Waals surface area (Å²) in [6.07, 6.45) is 2.35. The van der Waals surface area contributed by atoms with Gasteiger partial charge in [0, 0.05) is 45.0 Å². The van der Waals surface area contributed by atoms with E-state index in [0.717, 1.165) is 62.5 Å². The molecule has 1 N–H and O–H groups in total. The van der Waals surface area contributed by atoms with E-state index < -0.39 is 0 Å². The van der Waals surface area contributed by atoms with Gasteiger partial charge in [-0.15, -0.1) is 0 Å². The van der Waals surface area contributed by atoms with Crippen LogP contribution in [0.2, 0.25) is 0 Å². The molecule has 1 atom stereocenters. The molecule has 2 aromatic carbocycles. The highest BCUT2D eigenvalue weighted by Crippen LogP contribution is 2.32. The molecule has 2 aliphatic rings. The van der Waals surface area contributed by atoms with Gasteiger partial charge in [0.15, 0.2) is 11.4 Å². The summed E-state index contributed by atoms with van der Waals surface area (Å²) < 4.78 is 5.48. The van der Waals surface area contributed by atoms with Crippen molar-refractivity contribution in [1.29, 1.82) is 0 Å². The van der Waals surface area contributed by atoms with E-state index in [2.05, 4.69) is 51.5 Å². The van der Waals surface area contributed by atoms with Crippen molar-refractivity contribution in [2.24, 2.45) is 0 Å². The number of nitrogens with one attached hydrogen (secondary N) is 1. The molecule has 0 aliphatic carbocycles. The number of aromatic nitrogens is 1. The van der Waals surface area contributed by atoms with Gasteiger partial charge >= 0.3 is 0 Å². The van der Waals surface area contributed by atoms with Crippen LogP contribution in [0.15, 0.2) is 47.0 Å². The highest BCUT2D eigenvalue weighted by atomic mass is 16.5. The molecule has 1 fully saturated rings. The van der Waals surface area contributed by atoms with Crippen molar-refractivity contribution >= 4 is 22.5 Å². The van der Waals surface area contributed by atoms with Crippen LogP contribution in [0.1, 0.15) is 30.4 Å². The van der Waals surface area contributed by atoms with Crippen molar-refractivity contribution in [3.05, 3.63) is 53.6 Å². The van der Waals surface area contributed by atoms with Crippen molar-refractivity contribution in [2.45, 2.75) is 25.7 Å². The Balaban J connectivity index is 1.18. The van der Waals surface area contributed by atoms with Gasteiger partial charge in [0.1, 0.15) is 0 Å². The molecule has 5 nitrogen and oxygen atoms in total. The highest BCUT2D eigenvalue weighted by molar-refractivity contribution is 5.88. The summed E-state index contributed by atoms with van der Waals surface area (Å²) in [5.41, 5.74) is 5.15. The van der Waals surface area contributed by atoms with Crippen LogP contribution in [0, 0.1) is 0 Å². The highest BCUT2D eigenvalue weighted by Gasteiger charge is 2.22. The third kappa shape index (κ3) is 3.35. The van der Waals surface area contributed by atoms with E-state index in [-0.39, 0.29) is 0 Å². The molecule has 1 aromatic heterocycles. The van der Waals surface area contributed by atoms with Gasteiger partial charge in [-0.2, -0.15) is 0 Å². The molecule has 1 unspecified atom stereocenters.